The molecule has 0 saturated heterocycles. The monoisotopic (exact) mass is 396 g/mol. The summed E-state index contributed by atoms with van der Waals surface area (Å²) in [6.07, 6.45) is 1.07. The van der Waals surface area contributed by atoms with E-state index in [1.54, 1.807) is 48.5 Å². The fourth-order valence-corrected chi connectivity index (χ4v) is 3.50. The molecule has 0 unspecified atom stereocenters. The Morgan fingerprint density at radius 1 is 1.15 bits per heavy atom. The second kappa shape index (κ2) is 8.91. The minimum atomic E-state index is -3.59. The maximum Gasteiger partial charge on any atom is 0.232 e. The van der Waals surface area contributed by atoms with Crippen molar-refractivity contribution in [2.24, 2.45) is 0 Å². The molecule has 0 aliphatic carbocycles. The molecule has 8 heteroatoms. The van der Waals surface area contributed by atoms with Gasteiger partial charge in [0.25, 0.3) is 0 Å². The van der Waals surface area contributed by atoms with E-state index in [-0.39, 0.29) is 18.9 Å². The molecule has 140 valence electrons. The molecule has 0 atom stereocenters. The number of ether oxygens (including phenoxy) is 1. The molecule has 0 saturated carbocycles. The number of amides is 1. The van der Waals surface area contributed by atoms with Crippen molar-refractivity contribution in [2.45, 2.75) is 13.3 Å². The van der Waals surface area contributed by atoms with Gasteiger partial charge in [0.05, 0.1) is 29.3 Å². The maximum atomic E-state index is 12.2. The maximum absolute atomic E-state index is 12.2. The van der Waals surface area contributed by atoms with Gasteiger partial charge in [-0.25, -0.2) is 8.42 Å². The number of halogens is 1. The van der Waals surface area contributed by atoms with E-state index in [0.29, 0.717) is 28.8 Å². The number of rotatable bonds is 8. The molecule has 0 bridgehead atoms. The molecule has 0 aliphatic rings. The van der Waals surface area contributed by atoms with E-state index in [2.05, 4.69) is 5.32 Å². The molecular weight excluding hydrogens is 376 g/mol. The van der Waals surface area contributed by atoms with Crippen LogP contribution in [-0.4, -0.2) is 33.7 Å². The first-order valence-corrected chi connectivity index (χ1v) is 10.3. The second-order valence-electron chi connectivity index (χ2n) is 5.51. The van der Waals surface area contributed by atoms with Gasteiger partial charge in [-0.2, -0.15) is 0 Å². The van der Waals surface area contributed by atoms with E-state index in [4.69, 9.17) is 16.3 Å². The summed E-state index contributed by atoms with van der Waals surface area (Å²) in [4.78, 5) is 12.2. The Bertz CT molecular complexity index is 871. The van der Waals surface area contributed by atoms with Crippen molar-refractivity contribution < 1.29 is 17.9 Å². The predicted octanol–water partition coefficient (Wildman–Crippen LogP) is 3.53. The number of benzene rings is 2. The zero-order chi connectivity index (χ0) is 19.2. The largest absolute Gasteiger partial charge is 0.492 e. The van der Waals surface area contributed by atoms with Gasteiger partial charge in [-0.3, -0.25) is 9.10 Å². The molecule has 26 heavy (non-hydrogen) atoms. The highest BCUT2D eigenvalue weighted by molar-refractivity contribution is 7.92. The van der Waals surface area contributed by atoms with Crippen LogP contribution < -0.4 is 14.4 Å². The number of para-hydroxylation sites is 3. The van der Waals surface area contributed by atoms with Crippen LogP contribution in [0.15, 0.2) is 48.5 Å². The van der Waals surface area contributed by atoms with Gasteiger partial charge in [0.2, 0.25) is 15.9 Å². The highest BCUT2D eigenvalue weighted by Gasteiger charge is 2.22. The molecule has 0 heterocycles. The standard InChI is InChI=1S/C18H21ClN2O4S/c1-3-25-17-11-7-6-10-16(17)21(26(2,23)24)13-12-18(22)20-15-9-5-4-8-14(15)19/h4-11H,3,12-13H2,1-2H3,(H,20,22). The highest BCUT2D eigenvalue weighted by Crippen LogP contribution is 2.30. The van der Waals surface area contributed by atoms with Gasteiger partial charge < -0.3 is 10.1 Å². The molecule has 2 rings (SSSR count). The zero-order valence-corrected chi connectivity index (χ0v) is 16.2. The van der Waals surface area contributed by atoms with Crippen LogP contribution in [0, 0.1) is 0 Å². The van der Waals surface area contributed by atoms with Crippen LogP contribution >= 0.6 is 11.6 Å². The van der Waals surface area contributed by atoms with Gasteiger partial charge in [0.15, 0.2) is 0 Å². The van der Waals surface area contributed by atoms with Gasteiger partial charge in [-0.05, 0) is 31.2 Å². The molecule has 2 aromatic rings. The molecule has 1 amide bonds. The summed E-state index contributed by atoms with van der Waals surface area (Å²) in [5.74, 6) is 0.118. The molecule has 0 spiro atoms. The number of carbonyl (C=O) groups excluding carboxylic acids is 1. The van der Waals surface area contributed by atoms with Crippen molar-refractivity contribution in [3.8, 4) is 5.75 Å². The molecule has 0 fully saturated rings. The van der Waals surface area contributed by atoms with E-state index in [0.717, 1.165) is 6.26 Å². The fraction of sp³-hybridized carbons (Fsp3) is 0.278. The Balaban J connectivity index is 2.15. The van der Waals surface area contributed by atoms with Crippen LogP contribution in [0.4, 0.5) is 11.4 Å². The Hall–Kier alpha value is -2.25. The number of nitrogens with zero attached hydrogens (tertiary/aromatic N) is 1. The topological polar surface area (TPSA) is 75.7 Å². The number of sulfonamides is 1. The van der Waals surface area contributed by atoms with Crippen LogP contribution in [0.25, 0.3) is 0 Å². The SMILES string of the molecule is CCOc1ccccc1N(CCC(=O)Nc1ccccc1Cl)S(C)(=O)=O. The van der Waals surface area contributed by atoms with Crippen molar-refractivity contribution in [1.82, 2.24) is 0 Å². The summed E-state index contributed by atoms with van der Waals surface area (Å²) >= 11 is 6.02. The molecule has 0 aliphatic heterocycles. The van der Waals surface area contributed by atoms with Gasteiger partial charge in [-0.15, -0.1) is 0 Å². The first-order valence-electron chi connectivity index (χ1n) is 8.07. The number of hydrogen-bond acceptors (Lipinski definition) is 4. The smallest absolute Gasteiger partial charge is 0.232 e. The third-order valence-electron chi connectivity index (χ3n) is 3.52. The lowest BCUT2D eigenvalue weighted by molar-refractivity contribution is -0.116. The lowest BCUT2D eigenvalue weighted by Crippen LogP contribution is -2.33. The average Bonchev–Trinajstić information content (AvgIpc) is 2.57. The molecule has 1 N–H and O–H groups in total. The Kier molecular flexibility index (Phi) is 6.88. The number of nitrogens with one attached hydrogen (secondary N) is 1. The average molecular weight is 397 g/mol. The Morgan fingerprint density at radius 3 is 2.46 bits per heavy atom. The molecular formula is C18H21ClN2O4S. The van der Waals surface area contributed by atoms with E-state index in [1.807, 2.05) is 6.92 Å². The normalized spacial score (nSPS) is 11.0. The summed E-state index contributed by atoms with van der Waals surface area (Å²) in [5.41, 5.74) is 0.891. The van der Waals surface area contributed by atoms with Crippen LogP contribution in [0.3, 0.4) is 0 Å². The van der Waals surface area contributed by atoms with Crippen molar-refractivity contribution in [3.63, 3.8) is 0 Å². The van der Waals surface area contributed by atoms with Gasteiger partial charge in [0, 0.05) is 13.0 Å². The van der Waals surface area contributed by atoms with Crippen molar-refractivity contribution in [3.05, 3.63) is 53.6 Å². The van der Waals surface area contributed by atoms with Gasteiger partial charge >= 0.3 is 0 Å². The van der Waals surface area contributed by atoms with Crippen molar-refractivity contribution in [2.75, 3.05) is 29.0 Å². The minimum absolute atomic E-state index is 0.0147. The zero-order valence-electron chi connectivity index (χ0n) is 14.6. The molecule has 0 aromatic heterocycles. The lowest BCUT2D eigenvalue weighted by atomic mass is 10.2. The lowest BCUT2D eigenvalue weighted by Gasteiger charge is -2.24. The number of carbonyl (C=O) groups is 1. The van der Waals surface area contributed by atoms with E-state index < -0.39 is 10.0 Å². The Morgan fingerprint density at radius 2 is 1.81 bits per heavy atom. The number of hydrogen-bond donors (Lipinski definition) is 1. The molecule has 0 radical (unpaired) electrons. The molecule has 2 aromatic carbocycles. The fourth-order valence-electron chi connectivity index (χ4n) is 2.38. The first-order chi connectivity index (χ1) is 12.3. The van der Waals surface area contributed by atoms with Crippen molar-refractivity contribution in [1.29, 1.82) is 0 Å². The van der Waals surface area contributed by atoms with Crippen LogP contribution in [0.2, 0.25) is 5.02 Å². The quantitative estimate of drug-likeness (QED) is 0.740. The summed E-state index contributed by atoms with van der Waals surface area (Å²) in [6.45, 7) is 2.21. The summed E-state index contributed by atoms with van der Waals surface area (Å²) in [5, 5.41) is 3.10. The summed E-state index contributed by atoms with van der Waals surface area (Å²) in [7, 11) is -3.59. The molecule has 6 nitrogen and oxygen atoms in total. The van der Waals surface area contributed by atoms with Gasteiger partial charge in [-0.1, -0.05) is 35.9 Å². The highest BCUT2D eigenvalue weighted by atomic mass is 35.5. The number of anilines is 2. The van der Waals surface area contributed by atoms with E-state index in [1.165, 1.54) is 4.31 Å². The first kappa shape index (κ1) is 20.1. The van der Waals surface area contributed by atoms with Crippen molar-refractivity contribution >= 4 is 38.9 Å². The van der Waals surface area contributed by atoms with E-state index >= 15 is 0 Å². The van der Waals surface area contributed by atoms with E-state index in [9.17, 15) is 13.2 Å². The minimum Gasteiger partial charge on any atom is -0.492 e. The Labute approximate surface area is 158 Å². The predicted molar refractivity (Wildman–Crippen MR) is 104 cm³/mol. The summed E-state index contributed by atoms with van der Waals surface area (Å²) < 4.78 is 31.1. The summed E-state index contributed by atoms with van der Waals surface area (Å²) in [6, 6.07) is 13.7. The second-order valence-corrected chi connectivity index (χ2v) is 7.83. The third-order valence-corrected chi connectivity index (χ3v) is 5.03. The van der Waals surface area contributed by atoms with Crippen LogP contribution in [0.1, 0.15) is 13.3 Å². The van der Waals surface area contributed by atoms with Crippen LogP contribution in [-0.2, 0) is 14.8 Å². The van der Waals surface area contributed by atoms with Gasteiger partial charge in [0.1, 0.15) is 5.75 Å². The third kappa shape index (κ3) is 5.37. The van der Waals surface area contributed by atoms with Crippen LogP contribution in [0.5, 0.6) is 5.75 Å².